The van der Waals surface area contributed by atoms with Gasteiger partial charge in [-0.3, -0.25) is 9.59 Å². The van der Waals surface area contributed by atoms with Gasteiger partial charge < -0.3 is 20.3 Å². The average Bonchev–Trinajstić information content (AvgIpc) is 2.61. The molecule has 0 saturated carbocycles. The smallest absolute Gasteiger partial charge is 0.408 e. The van der Waals surface area contributed by atoms with Crippen LogP contribution in [0.3, 0.4) is 0 Å². The van der Waals surface area contributed by atoms with Crippen LogP contribution in [-0.2, 0) is 14.3 Å². The number of hydrogen-bond donors (Lipinski definition) is 2. The number of amides is 3. The summed E-state index contributed by atoms with van der Waals surface area (Å²) in [6.45, 7) is 20.7. The molecule has 7 nitrogen and oxygen atoms in total. The van der Waals surface area contributed by atoms with Crippen molar-refractivity contribution in [1.29, 1.82) is 0 Å². The molecule has 0 saturated heterocycles. The van der Waals surface area contributed by atoms with Crippen molar-refractivity contribution in [3.05, 3.63) is 35.4 Å². The van der Waals surface area contributed by atoms with Gasteiger partial charge in [0.1, 0.15) is 17.7 Å². The fraction of sp³-hybridized carbons (Fsp3) is 0.667. The molecule has 0 aromatic heterocycles. The number of aryl methyl sites for hydroxylation is 1. The van der Waals surface area contributed by atoms with Crippen LogP contribution in [0.5, 0.6) is 0 Å². The molecular weight excluding hydrogens is 430 g/mol. The van der Waals surface area contributed by atoms with Crippen molar-refractivity contribution in [3.8, 4) is 0 Å². The number of alkyl carbamates (subject to hydrolysis) is 1. The lowest BCUT2D eigenvalue weighted by atomic mass is 9.93. The summed E-state index contributed by atoms with van der Waals surface area (Å²) in [6.07, 6.45) is -0.240. The molecule has 1 aromatic carbocycles. The number of carbonyl (C=O) groups is 3. The lowest BCUT2D eigenvalue weighted by Gasteiger charge is -2.43. The molecule has 2 unspecified atom stereocenters. The highest BCUT2D eigenvalue weighted by Gasteiger charge is 2.42. The minimum absolute atomic E-state index is 0.0944. The number of hydrogen-bond acceptors (Lipinski definition) is 4. The monoisotopic (exact) mass is 475 g/mol. The Balaban J connectivity index is 3.55. The highest BCUT2D eigenvalue weighted by atomic mass is 16.6. The predicted octanol–water partition coefficient (Wildman–Crippen LogP) is 5.13. The first-order valence-electron chi connectivity index (χ1n) is 12.1. The van der Waals surface area contributed by atoms with Crippen LogP contribution in [0, 0.1) is 12.8 Å². The summed E-state index contributed by atoms with van der Waals surface area (Å²) in [5, 5.41) is 5.75. The van der Waals surface area contributed by atoms with Crippen molar-refractivity contribution < 1.29 is 19.1 Å². The van der Waals surface area contributed by atoms with E-state index in [9.17, 15) is 14.4 Å². The molecule has 3 amide bonds. The summed E-state index contributed by atoms with van der Waals surface area (Å²) in [4.78, 5) is 41.8. The Morgan fingerprint density at radius 1 is 0.971 bits per heavy atom. The van der Waals surface area contributed by atoms with Crippen LogP contribution in [0.1, 0.15) is 92.8 Å². The number of nitrogens with zero attached hydrogens (tertiary/aromatic N) is 1. The van der Waals surface area contributed by atoms with Crippen molar-refractivity contribution >= 4 is 17.9 Å². The summed E-state index contributed by atoms with van der Waals surface area (Å²) in [7, 11) is 0. The molecule has 2 N–H and O–H groups in total. The third-order valence-electron chi connectivity index (χ3n) is 4.95. The van der Waals surface area contributed by atoms with Gasteiger partial charge in [-0.15, -0.1) is 0 Å². The Labute approximate surface area is 206 Å². The van der Waals surface area contributed by atoms with E-state index in [1.807, 2.05) is 79.7 Å². The maximum atomic E-state index is 14.1. The van der Waals surface area contributed by atoms with Gasteiger partial charge in [-0.1, -0.05) is 43.7 Å². The van der Waals surface area contributed by atoms with Gasteiger partial charge in [-0.2, -0.15) is 0 Å². The fourth-order valence-electron chi connectivity index (χ4n) is 3.78. The van der Waals surface area contributed by atoms with E-state index >= 15 is 0 Å². The van der Waals surface area contributed by atoms with Crippen molar-refractivity contribution in [2.75, 3.05) is 0 Å². The molecule has 1 aromatic rings. The topological polar surface area (TPSA) is 87.7 Å². The maximum Gasteiger partial charge on any atom is 0.408 e. The van der Waals surface area contributed by atoms with E-state index in [4.69, 9.17) is 4.74 Å². The van der Waals surface area contributed by atoms with E-state index in [-0.39, 0.29) is 23.8 Å². The van der Waals surface area contributed by atoms with Crippen LogP contribution in [-0.4, -0.2) is 46.0 Å². The van der Waals surface area contributed by atoms with Gasteiger partial charge in [0.25, 0.3) is 0 Å². The van der Waals surface area contributed by atoms with Crippen LogP contribution in [0.2, 0.25) is 0 Å². The Bertz CT molecular complexity index is 850. The molecule has 192 valence electrons. The molecule has 34 heavy (non-hydrogen) atoms. The molecule has 7 heteroatoms. The quantitative estimate of drug-likeness (QED) is 0.546. The summed E-state index contributed by atoms with van der Waals surface area (Å²) >= 11 is 0. The standard InChI is InChI=1S/C27H45N3O4/c1-17(2)15-21(29-25(33)34-27(9,10)11)24(32)30(26(6,7)8)22(23(31)28-18(3)4)20-14-12-13-19(5)16-20/h12-14,16-18,21-22H,15H2,1-11H3,(H,28,31)(H,29,33). The molecule has 1 rings (SSSR count). The highest BCUT2D eigenvalue weighted by molar-refractivity contribution is 5.92. The molecule has 0 radical (unpaired) electrons. The third kappa shape index (κ3) is 9.35. The molecule has 0 spiro atoms. The first kappa shape index (κ1) is 29.5. The van der Waals surface area contributed by atoms with E-state index in [1.165, 1.54) is 0 Å². The third-order valence-corrected chi connectivity index (χ3v) is 4.95. The predicted molar refractivity (Wildman–Crippen MR) is 136 cm³/mol. The van der Waals surface area contributed by atoms with Crippen molar-refractivity contribution in [2.45, 2.75) is 112 Å². The molecule has 0 fully saturated rings. The van der Waals surface area contributed by atoms with Crippen molar-refractivity contribution in [3.63, 3.8) is 0 Å². The lowest BCUT2D eigenvalue weighted by molar-refractivity contribution is -0.149. The van der Waals surface area contributed by atoms with Gasteiger partial charge in [0.2, 0.25) is 11.8 Å². The average molecular weight is 476 g/mol. The zero-order valence-corrected chi connectivity index (χ0v) is 22.9. The Morgan fingerprint density at radius 3 is 2.00 bits per heavy atom. The number of nitrogens with one attached hydrogen (secondary N) is 2. The Hall–Kier alpha value is -2.57. The summed E-state index contributed by atoms with van der Waals surface area (Å²) in [5.74, 6) is -0.450. The molecule has 0 aliphatic carbocycles. The van der Waals surface area contributed by atoms with Gasteiger partial charge >= 0.3 is 6.09 Å². The van der Waals surface area contributed by atoms with Crippen LogP contribution in [0.25, 0.3) is 0 Å². The second kappa shape index (κ2) is 11.7. The SMILES string of the molecule is Cc1cccc(C(C(=O)NC(C)C)N(C(=O)C(CC(C)C)NC(=O)OC(C)(C)C)C(C)(C)C)c1. The zero-order valence-electron chi connectivity index (χ0n) is 22.9. The van der Waals surface area contributed by atoms with Gasteiger partial charge in [0, 0.05) is 11.6 Å². The number of ether oxygens (including phenoxy) is 1. The first-order valence-corrected chi connectivity index (χ1v) is 12.1. The maximum absolute atomic E-state index is 14.1. The van der Waals surface area contributed by atoms with Crippen LogP contribution in [0.15, 0.2) is 24.3 Å². The normalized spacial score (nSPS) is 13.9. The van der Waals surface area contributed by atoms with E-state index in [0.717, 1.165) is 11.1 Å². The Kier molecular flexibility index (Phi) is 10.2. The molecule has 0 aliphatic heterocycles. The van der Waals surface area contributed by atoms with E-state index in [1.54, 1.807) is 25.7 Å². The van der Waals surface area contributed by atoms with Gasteiger partial charge in [0.05, 0.1) is 0 Å². The fourth-order valence-corrected chi connectivity index (χ4v) is 3.78. The van der Waals surface area contributed by atoms with Crippen LogP contribution < -0.4 is 10.6 Å². The summed E-state index contributed by atoms with van der Waals surface area (Å²) < 4.78 is 5.43. The van der Waals surface area contributed by atoms with Crippen LogP contribution in [0.4, 0.5) is 4.79 Å². The van der Waals surface area contributed by atoms with E-state index in [0.29, 0.717) is 6.42 Å². The molecule has 0 bridgehead atoms. The summed E-state index contributed by atoms with van der Waals surface area (Å²) in [5.41, 5.74) is 0.319. The van der Waals surface area contributed by atoms with Crippen LogP contribution >= 0.6 is 0 Å². The second-order valence-corrected chi connectivity index (χ2v) is 11.7. The van der Waals surface area contributed by atoms with E-state index in [2.05, 4.69) is 10.6 Å². The largest absolute Gasteiger partial charge is 0.444 e. The minimum Gasteiger partial charge on any atom is -0.444 e. The number of rotatable bonds is 8. The van der Waals surface area contributed by atoms with Gasteiger partial charge in [-0.05, 0) is 80.2 Å². The molecule has 2 atom stereocenters. The van der Waals surface area contributed by atoms with Gasteiger partial charge in [0.15, 0.2) is 0 Å². The first-order chi connectivity index (χ1) is 15.4. The van der Waals surface area contributed by atoms with Crippen molar-refractivity contribution in [2.24, 2.45) is 5.92 Å². The number of carbonyl (C=O) groups excluding carboxylic acids is 3. The second-order valence-electron chi connectivity index (χ2n) is 11.7. The Morgan fingerprint density at radius 2 is 1.56 bits per heavy atom. The summed E-state index contributed by atoms with van der Waals surface area (Å²) in [6, 6.07) is 5.84. The zero-order chi connectivity index (χ0) is 26.4. The number of benzene rings is 1. The molecular formula is C27H45N3O4. The van der Waals surface area contributed by atoms with E-state index < -0.39 is 29.3 Å². The van der Waals surface area contributed by atoms with Crippen molar-refractivity contribution in [1.82, 2.24) is 15.5 Å². The molecule has 0 aliphatic rings. The minimum atomic E-state index is -0.857. The molecule has 0 heterocycles. The lowest BCUT2D eigenvalue weighted by Crippen LogP contribution is -2.59. The van der Waals surface area contributed by atoms with Gasteiger partial charge in [-0.25, -0.2) is 4.79 Å². The highest BCUT2D eigenvalue weighted by Crippen LogP contribution is 2.31.